The summed E-state index contributed by atoms with van der Waals surface area (Å²) in [6.07, 6.45) is 3.67. The zero-order valence-corrected chi connectivity index (χ0v) is 14.1. The Kier molecular flexibility index (Phi) is 3.63. The van der Waals surface area contributed by atoms with Crippen molar-refractivity contribution >= 4 is 43.4 Å². The monoisotopic (exact) mass is 379 g/mol. The normalized spacial score (nSPS) is 18.5. The molecule has 0 radical (unpaired) electrons. The lowest BCUT2D eigenvalue weighted by Crippen LogP contribution is -2.33. The molecule has 4 heterocycles. The summed E-state index contributed by atoms with van der Waals surface area (Å²) in [5.74, 6) is 1.40. The van der Waals surface area contributed by atoms with E-state index in [9.17, 15) is 5.11 Å². The van der Waals surface area contributed by atoms with Crippen LogP contribution in [-0.4, -0.2) is 34.3 Å². The van der Waals surface area contributed by atoms with Gasteiger partial charge in [-0.25, -0.2) is 9.97 Å². The summed E-state index contributed by atoms with van der Waals surface area (Å²) < 4.78 is 7.51. The van der Waals surface area contributed by atoms with Gasteiger partial charge in [0.1, 0.15) is 11.2 Å². The fourth-order valence-electron chi connectivity index (χ4n) is 2.88. The molecule has 3 aromatic heterocycles. The number of hydrogen-bond acceptors (Lipinski definition) is 6. The maximum absolute atomic E-state index is 9.56. The van der Waals surface area contributed by atoms with E-state index >= 15 is 0 Å². The lowest BCUT2D eigenvalue weighted by molar-refractivity contribution is 0.265. The Bertz CT molecular complexity index is 803. The third-order valence-electron chi connectivity index (χ3n) is 3.96. The first-order valence-corrected chi connectivity index (χ1v) is 8.81. The molecule has 1 saturated heterocycles. The maximum atomic E-state index is 9.56. The Morgan fingerprint density at radius 3 is 3.14 bits per heavy atom. The first-order chi connectivity index (χ1) is 10.8. The molecular weight excluding hydrogens is 366 g/mol. The topological polar surface area (TPSA) is 62.4 Å². The van der Waals surface area contributed by atoms with Crippen LogP contribution in [-0.2, 0) is 0 Å². The number of rotatable bonds is 3. The fraction of sp³-hybridized carbons (Fsp3) is 0.333. The summed E-state index contributed by atoms with van der Waals surface area (Å²) in [5, 5.41) is 11.6. The van der Waals surface area contributed by atoms with Crippen LogP contribution in [0.25, 0.3) is 21.7 Å². The van der Waals surface area contributed by atoms with Gasteiger partial charge in [0.2, 0.25) is 5.95 Å². The number of halogens is 1. The largest absolute Gasteiger partial charge is 0.463 e. The summed E-state index contributed by atoms with van der Waals surface area (Å²) >= 11 is 5.16. The third kappa shape index (κ3) is 2.24. The summed E-state index contributed by atoms with van der Waals surface area (Å²) in [6, 6.07) is 3.87. The van der Waals surface area contributed by atoms with Gasteiger partial charge in [-0.2, -0.15) is 0 Å². The van der Waals surface area contributed by atoms with E-state index in [2.05, 4.69) is 20.8 Å². The van der Waals surface area contributed by atoms with Crippen LogP contribution in [0.3, 0.4) is 0 Å². The average Bonchev–Trinajstić information content (AvgIpc) is 3.27. The van der Waals surface area contributed by atoms with Gasteiger partial charge in [-0.1, -0.05) is 0 Å². The van der Waals surface area contributed by atoms with Crippen molar-refractivity contribution in [3.63, 3.8) is 0 Å². The van der Waals surface area contributed by atoms with Crippen LogP contribution in [0, 0.1) is 0 Å². The number of aliphatic hydroxyl groups excluding tert-OH is 1. The Hall–Kier alpha value is -1.44. The van der Waals surface area contributed by atoms with E-state index in [0.29, 0.717) is 5.95 Å². The molecule has 4 rings (SSSR count). The number of hydrogen-bond donors (Lipinski definition) is 1. The van der Waals surface area contributed by atoms with E-state index in [-0.39, 0.29) is 12.6 Å². The molecule has 3 aromatic rings. The minimum Gasteiger partial charge on any atom is -0.463 e. The minimum absolute atomic E-state index is 0.0966. The number of fused-ring (bicyclic) bond motifs is 1. The van der Waals surface area contributed by atoms with Crippen LogP contribution in [0.15, 0.2) is 32.7 Å². The third-order valence-corrected chi connectivity index (χ3v) is 5.84. The number of nitrogens with zero attached hydrogens (tertiary/aromatic N) is 3. The smallest absolute Gasteiger partial charge is 0.227 e. The van der Waals surface area contributed by atoms with Crippen LogP contribution in [0.4, 0.5) is 5.95 Å². The highest BCUT2D eigenvalue weighted by molar-refractivity contribution is 9.10. The van der Waals surface area contributed by atoms with Crippen LogP contribution >= 0.6 is 27.3 Å². The number of furan rings is 1. The van der Waals surface area contributed by atoms with Crippen LogP contribution < -0.4 is 4.90 Å². The standard InChI is InChI=1S/C15H14BrN3O2S/c16-10-8-22-14-12(10)17-15(19-5-1-3-9(19)7-20)18-13(14)11-4-2-6-21-11/h2,4,6,8-9,20H,1,3,5,7H2/t9-/m1/s1. The molecule has 0 spiro atoms. The highest BCUT2D eigenvalue weighted by Gasteiger charge is 2.27. The average molecular weight is 380 g/mol. The van der Waals surface area contributed by atoms with Gasteiger partial charge in [0.05, 0.1) is 28.1 Å². The van der Waals surface area contributed by atoms with Crippen molar-refractivity contribution in [1.82, 2.24) is 9.97 Å². The molecule has 1 N–H and O–H groups in total. The van der Waals surface area contributed by atoms with Gasteiger partial charge in [-0.05, 0) is 40.9 Å². The molecular formula is C15H14BrN3O2S. The van der Waals surface area contributed by atoms with Gasteiger partial charge in [0.15, 0.2) is 5.76 Å². The van der Waals surface area contributed by atoms with Gasteiger partial charge >= 0.3 is 0 Å². The molecule has 0 bridgehead atoms. The molecule has 0 aliphatic carbocycles. The first-order valence-electron chi connectivity index (χ1n) is 7.14. The molecule has 0 amide bonds. The molecule has 0 unspecified atom stereocenters. The highest BCUT2D eigenvalue weighted by atomic mass is 79.9. The van der Waals surface area contributed by atoms with Crippen molar-refractivity contribution in [3.8, 4) is 11.5 Å². The van der Waals surface area contributed by atoms with Crippen molar-refractivity contribution < 1.29 is 9.52 Å². The predicted octanol–water partition coefficient (Wildman–Crippen LogP) is 3.67. The lowest BCUT2D eigenvalue weighted by atomic mass is 10.2. The van der Waals surface area contributed by atoms with E-state index in [4.69, 9.17) is 14.4 Å². The summed E-state index contributed by atoms with van der Waals surface area (Å²) in [4.78, 5) is 11.5. The zero-order valence-electron chi connectivity index (χ0n) is 11.7. The Morgan fingerprint density at radius 1 is 1.45 bits per heavy atom. The summed E-state index contributed by atoms with van der Waals surface area (Å²) in [5.41, 5.74) is 1.70. The number of anilines is 1. The van der Waals surface area contributed by atoms with Gasteiger partial charge in [-0.15, -0.1) is 11.3 Å². The summed E-state index contributed by atoms with van der Waals surface area (Å²) in [6.45, 7) is 0.998. The Morgan fingerprint density at radius 2 is 2.36 bits per heavy atom. The van der Waals surface area contributed by atoms with Crippen molar-refractivity contribution in [2.24, 2.45) is 0 Å². The van der Waals surface area contributed by atoms with E-state index in [1.165, 1.54) is 0 Å². The molecule has 5 nitrogen and oxygen atoms in total. The molecule has 1 aliphatic heterocycles. The molecule has 1 aliphatic rings. The number of aromatic nitrogens is 2. The molecule has 0 aromatic carbocycles. The molecule has 1 fully saturated rings. The Labute approximate surface area is 139 Å². The zero-order chi connectivity index (χ0) is 15.1. The Balaban J connectivity index is 1.91. The highest BCUT2D eigenvalue weighted by Crippen LogP contribution is 2.37. The van der Waals surface area contributed by atoms with E-state index in [1.807, 2.05) is 17.5 Å². The van der Waals surface area contributed by atoms with Crippen LogP contribution in [0.2, 0.25) is 0 Å². The van der Waals surface area contributed by atoms with E-state index in [0.717, 1.165) is 45.5 Å². The SMILES string of the molecule is OC[C@H]1CCCN1c1nc(-c2ccco2)c2scc(Br)c2n1. The van der Waals surface area contributed by atoms with Crippen molar-refractivity contribution in [2.45, 2.75) is 18.9 Å². The van der Waals surface area contributed by atoms with Gasteiger partial charge in [0.25, 0.3) is 0 Å². The molecule has 0 saturated carbocycles. The van der Waals surface area contributed by atoms with Crippen LogP contribution in [0.5, 0.6) is 0 Å². The molecule has 1 atom stereocenters. The second kappa shape index (κ2) is 5.64. The lowest BCUT2D eigenvalue weighted by Gasteiger charge is -2.23. The van der Waals surface area contributed by atoms with E-state index in [1.54, 1.807) is 17.6 Å². The molecule has 7 heteroatoms. The molecule has 114 valence electrons. The van der Waals surface area contributed by atoms with E-state index < -0.39 is 0 Å². The van der Waals surface area contributed by atoms with Gasteiger partial charge < -0.3 is 14.4 Å². The van der Waals surface area contributed by atoms with Gasteiger partial charge in [-0.3, -0.25) is 0 Å². The van der Waals surface area contributed by atoms with Crippen molar-refractivity contribution in [1.29, 1.82) is 0 Å². The predicted molar refractivity (Wildman–Crippen MR) is 90.3 cm³/mol. The number of aliphatic hydroxyl groups is 1. The maximum Gasteiger partial charge on any atom is 0.227 e. The van der Waals surface area contributed by atoms with Crippen LogP contribution in [0.1, 0.15) is 12.8 Å². The molecule has 22 heavy (non-hydrogen) atoms. The van der Waals surface area contributed by atoms with Crippen molar-refractivity contribution in [3.05, 3.63) is 28.2 Å². The summed E-state index contributed by atoms with van der Waals surface area (Å²) in [7, 11) is 0. The van der Waals surface area contributed by atoms with Crippen molar-refractivity contribution in [2.75, 3.05) is 18.1 Å². The number of thiophene rings is 1. The second-order valence-corrected chi connectivity index (χ2v) is 7.02. The minimum atomic E-state index is 0.0966. The van der Waals surface area contributed by atoms with Gasteiger partial charge in [0, 0.05) is 11.9 Å². The quantitative estimate of drug-likeness (QED) is 0.751. The fourth-order valence-corrected chi connectivity index (χ4v) is 4.43. The second-order valence-electron chi connectivity index (χ2n) is 5.28. The first kappa shape index (κ1) is 14.2.